The van der Waals surface area contributed by atoms with E-state index in [9.17, 15) is 9.90 Å². The highest BCUT2D eigenvalue weighted by molar-refractivity contribution is 6.17. The van der Waals surface area contributed by atoms with E-state index in [0.717, 1.165) is 44.9 Å². The van der Waals surface area contributed by atoms with Gasteiger partial charge in [-0.1, -0.05) is 64.0 Å². The quantitative estimate of drug-likeness (QED) is 0.183. The van der Waals surface area contributed by atoms with Crippen molar-refractivity contribution in [1.29, 1.82) is 0 Å². The molecule has 2 N–H and O–H groups in total. The van der Waals surface area contributed by atoms with E-state index in [1.807, 2.05) is 0 Å². The molecule has 0 aromatic rings. The van der Waals surface area contributed by atoms with Gasteiger partial charge in [-0.3, -0.25) is 4.79 Å². The van der Waals surface area contributed by atoms with Crippen molar-refractivity contribution in [1.82, 2.24) is 5.32 Å². The number of halogens is 1. The lowest BCUT2D eigenvalue weighted by atomic mass is 10.1. The molecular weight excluding hydrogens is 334 g/mol. The summed E-state index contributed by atoms with van der Waals surface area (Å²) in [7, 11) is 0. The normalized spacial score (nSPS) is 12.6. The topological polar surface area (TPSA) is 49.3 Å². The van der Waals surface area contributed by atoms with Crippen LogP contribution in [0.1, 0.15) is 96.8 Å². The number of hydrogen-bond acceptors (Lipinski definition) is 2. The summed E-state index contributed by atoms with van der Waals surface area (Å²) in [5.74, 6) is 0.758. The van der Waals surface area contributed by atoms with E-state index < -0.39 is 0 Å². The van der Waals surface area contributed by atoms with Crippen molar-refractivity contribution in [2.45, 2.75) is 103 Å². The van der Waals surface area contributed by atoms with Crippen molar-refractivity contribution in [2.24, 2.45) is 0 Å². The van der Waals surface area contributed by atoms with Crippen LogP contribution in [0.3, 0.4) is 0 Å². The first-order chi connectivity index (χ1) is 12.2. The molecule has 0 rings (SSSR count). The summed E-state index contributed by atoms with van der Waals surface area (Å²) in [6, 6.07) is 0. The van der Waals surface area contributed by atoms with Gasteiger partial charge in [0.2, 0.25) is 5.91 Å². The first-order valence-corrected chi connectivity index (χ1v) is 10.9. The highest BCUT2D eigenvalue weighted by Crippen LogP contribution is 2.10. The van der Waals surface area contributed by atoms with E-state index in [2.05, 4.69) is 24.4 Å². The third kappa shape index (κ3) is 19.6. The van der Waals surface area contributed by atoms with Gasteiger partial charge < -0.3 is 10.4 Å². The fraction of sp³-hybridized carbons (Fsp3) is 0.857. The number of hydrogen-bond donors (Lipinski definition) is 2. The van der Waals surface area contributed by atoms with Gasteiger partial charge in [-0.15, -0.1) is 11.6 Å². The Labute approximate surface area is 160 Å². The molecule has 0 bridgehead atoms. The maximum Gasteiger partial charge on any atom is 0.219 e. The van der Waals surface area contributed by atoms with Gasteiger partial charge >= 0.3 is 0 Å². The minimum absolute atomic E-state index is 0.154. The average molecular weight is 374 g/mol. The molecule has 3 nitrogen and oxygen atoms in total. The van der Waals surface area contributed by atoms with Crippen LogP contribution in [0.25, 0.3) is 0 Å². The van der Waals surface area contributed by atoms with Crippen LogP contribution in [-0.4, -0.2) is 29.5 Å². The second-order valence-corrected chi connectivity index (χ2v) is 7.29. The zero-order chi connectivity index (χ0) is 18.6. The Kier molecular flexibility index (Phi) is 19.4. The summed E-state index contributed by atoms with van der Waals surface area (Å²) >= 11 is 5.57. The molecule has 0 unspecified atom stereocenters. The van der Waals surface area contributed by atoms with E-state index in [1.54, 1.807) is 0 Å². The number of carbonyl (C=O) groups excluding carboxylic acids is 1. The highest BCUT2D eigenvalue weighted by atomic mass is 35.5. The largest absolute Gasteiger partial charge is 0.393 e. The molecule has 0 heterocycles. The Balaban J connectivity index is 3.30. The predicted molar refractivity (Wildman–Crippen MR) is 109 cm³/mol. The monoisotopic (exact) mass is 373 g/mol. The van der Waals surface area contributed by atoms with Gasteiger partial charge in [0, 0.05) is 18.8 Å². The maximum atomic E-state index is 11.5. The first-order valence-electron chi connectivity index (χ1n) is 10.4. The third-order valence-electron chi connectivity index (χ3n) is 4.37. The summed E-state index contributed by atoms with van der Waals surface area (Å²) < 4.78 is 0. The van der Waals surface area contributed by atoms with Crippen LogP contribution in [0.15, 0.2) is 12.2 Å². The summed E-state index contributed by atoms with van der Waals surface area (Å²) in [4.78, 5) is 11.5. The maximum absolute atomic E-state index is 11.5. The Bertz CT molecular complexity index is 321. The molecule has 0 aliphatic rings. The molecule has 0 saturated carbocycles. The molecule has 0 fully saturated rings. The van der Waals surface area contributed by atoms with Gasteiger partial charge in [-0.05, 0) is 38.5 Å². The Morgan fingerprint density at radius 3 is 2.48 bits per heavy atom. The standard InChI is InChI=1S/C21H40ClNO2/c1-2-3-4-11-15-20(24)16-12-9-7-5-6-8-10-13-17-21(25)23-19-14-18-22/h9,12,20,24H,2-8,10-11,13-19H2,1H3,(H,23,25)/b12-9-/t20-/m1/s1. The van der Waals surface area contributed by atoms with Crippen molar-refractivity contribution in [2.75, 3.05) is 12.4 Å². The predicted octanol–water partition coefficient (Wildman–Crippen LogP) is 5.74. The zero-order valence-electron chi connectivity index (χ0n) is 16.3. The van der Waals surface area contributed by atoms with Crippen molar-refractivity contribution in [3.05, 3.63) is 12.2 Å². The van der Waals surface area contributed by atoms with Crippen LogP contribution in [0.4, 0.5) is 0 Å². The number of amides is 1. The first kappa shape index (κ1) is 24.5. The summed E-state index contributed by atoms with van der Waals surface area (Å²) in [6.45, 7) is 2.91. The Morgan fingerprint density at radius 1 is 1.00 bits per heavy atom. The molecular formula is C21H40ClNO2. The number of unbranched alkanes of at least 4 members (excludes halogenated alkanes) is 8. The molecule has 0 aliphatic heterocycles. The zero-order valence-corrected chi connectivity index (χ0v) is 17.0. The molecule has 25 heavy (non-hydrogen) atoms. The molecule has 0 aromatic heterocycles. The fourth-order valence-corrected chi connectivity index (χ4v) is 2.89. The molecule has 1 amide bonds. The number of aliphatic hydroxyl groups excluding tert-OH is 1. The van der Waals surface area contributed by atoms with E-state index in [0.29, 0.717) is 18.8 Å². The number of alkyl halides is 1. The fourth-order valence-electron chi connectivity index (χ4n) is 2.76. The number of rotatable bonds is 18. The third-order valence-corrected chi connectivity index (χ3v) is 4.64. The van der Waals surface area contributed by atoms with E-state index in [4.69, 9.17) is 11.6 Å². The van der Waals surface area contributed by atoms with Crippen LogP contribution in [0.5, 0.6) is 0 Å². The van der Waals surface area contributed by atoms with Crippen LogP contribution in [0, 0.1) is 0 Å². The van der Waals surface area contributed by atoms with Crippen LogP contribution < -0.4 is 5.32 Å². The van der Waals surface area contributed by atoms with E-state index in [-0.39, 0.29) is 12.0 Å². The number of nitrogens with one attached hydrogen (secondary N) is 1. The summed E-state index contributed by atoms with van der Waals surface area (Å²) in [6.07, 6.45) is 19.1. The molecule has 0 aliphatic carbocycles. The van der Waals surface area contributed by atoms with Crippen molar-refractivity contribution in [3.8, 4) is 0 Å². The molecule has 148 valence electrons. The van der Waals surface area contributed by atoms with Crippen molar-refractivity contribution >= 4 is 17.5 Å². The van der Waals surface area contributed by atoms with Gasteiger partial charge in [0.25, 0.3) is 0 Å². The van der Waals surface area contributed by atoms with Gasteiger partial charge in [0.15, 0.2) is 0 Å². The van der Waals surface area contributed by atoms with Crippen molar-refractivity contribution in [3.63, 3.8) is 0 Å². The number of aliphatic hydroxyl groups is 1. The SMILES string of the molecule is CCCCCC[C@@H](O)C/C=C\CCCCCCCC(=O)NCCCCl. The van der Waals surface area contributed by atoms with Crippen LogP contribution >= 0.6 is 11.6 Å². The summed E-state index contributed by atoms with van der Waals surface area (Å²) in [5, 5.41) is 12.8. The Hall–Kier alpha value is -0.540. The average Bonchev–Trinajstić information content (AvgIpc) is 2.60. The molecule has 0 saturated heterocycles. The van der Waals surface area contributed by atoms with Gasteiger partial charge in [-0.25, -0.2) is 0 Å². The van der Waals surface area contributed by atoms with Crippen molar-refractivity contribution < 1.29 is 9.90 Å². The minimum Gasteiger partial charge on any atom is -0.393 e. The smallest absolute Gasteiger partial charge is 0.219 e. The lowest BCUT2D eigenvalue weighted by Gasteiger charge is -2.07. The highest BCUT2D eigenvalue weighted by Gasteiger charge is 2.01. The minimum atomic E-state index is -0.163. The second kappa shape index (κ2) is 19.8. The van der Waals surface area contributed by atoms with E-state index >= 15 is 0 Å². The molecule has 0 spiro atoms. The molecule has 0 aromatic carbocycles. The van der Waals surface area contributed by atoms with Gasteiger partial charge in [0.05, 0.1) is 6.10 Å². The van der Waals surface area contributed by atoms with Crippen LogP contribution in [0.2, 0.25) is 0 Å². The summed E-state index contributed by atoms with van der Waals surface area (Å²) in [5.41, 5.74) is 0. The molecule has 4 heteroatoms. The van der Waals surface area contributed by atoms with E-state index in [1.165, 1.54) is 38.5 Å². The molecule has 1 atom stereocenters. The lowest BCUT2D eigenvalue weighted by molar-refractivity contribution is -0.121. The van der Waals surface area contributed by atoms with Gasteiger partial charge in [0.1, 0.15) is 0 Å². The Morgan fingerprint density at radius 2 is 1.72 bits per heavy atom. The van der Waals surface area contributed by atoms with Gasteiger partial charge in [-0.2, -0.15) is 0 Å². The lowest BCUT2D eigenvalue weighted by Crippen LogP contribution is -2.24. The second-order valence-electron chi connectivity index (χ2n) is 6.91. The number of carbonyl (C=O) groups is 1. The molecule has 0 radical (unpaired) electrons. The number of allylic oxidation sites excluding steroid dienone is 1. The van der Waals surface area contributed by atoms with Crippen LogP contribution in [-0.2, 0) is 4.79 Å².